The Kier molecular flexibility index (Phi) is 5.50. The van der Waals surface area contributed by atoms with E-state index in [4.69, 9.17) is 5.11 Å². The van der Waals surface area contributed by atoms with E-state index < -0.39 is 6.10 Å². The minimum Gasteiger partial charge on any atom is -0.392 e. The number of hydrogen-bond donors (Lipinski definition) is 1. The number of halogens is 1. The van der Waals surface area contributed by atoms with Gasteiger partial charge >= 0.3 is 0 Å². The number of hydrogen-bond acceptors (Lipinski definition) is 2. The highest BCUT2D eigenvalue weighted by molar-refractivity contribution is 9.09. The second-order valence-corrected chi connectivity index (χ2v) is 3.36. The molecule has 11 heavy (non-hydrogen) atoms. The quantitative estimate of drug-likeness (QED) is 0.711. The second-order valence-electron chi connectivity index (χ2n) is 2.56. The molecule has 1 atom stereocenters. The summed E-state index contributed by atoms with van der Waals surface area (Å²) in [4.78, 5) is 12.6. The molecule has 0 aromatic carbocycles. The van der Waals surface area contributed by atoms with Crippen LogP contribution < -0.4 is 0 Å². The molecule has 0 aliphatic carbocycles. The first-order chi connectivity index (χ1) is 5.07. The first kappa shape index (κ1) is 10.9. The molecule has 0 spiro atoms. The zero-order valence-corrected chi connectivity index (χ0v) is 8.47. The highest BCUT2D eigenvalue weighted by Gasteiger charge is 2.08. The van der Waals surface area contributed by atoms with Gasteiger partial charge in [0, 0.05) is 25.3 Å². The van der Waals surface area contributed by atoms with Gasteiger partial charge in [0.15, 0.2) is 0 Å². The summed E-state index contributed by atoms with van der Waals surface area (Å²) in [5, 5.41) is 9.61. The molecule has 0 rings (SSSR count). The Morgan fingerprint density at radius 1 is 1.73 bits per heavy atom. The molecule has 0 radical (unpaired) electrons. The minimum atomic E-state index is -0.445. The summed E-state index contributed by atoms with van der Waals surface area (Å²) < 4.78 is 0. The fourth-order valence-electron chi connectivity index (χ4n) is 0.770. The SMILES string of the molecule is CC(O)CN(C)C(=O)CCBr. The summed E-state index contributed by atoms with van der Waals surface area (Å²) in [5.74, 6) is 0.0581. The van der Waals surface area contributed by atoms with Crippen LogP contribution in [-0.2, 0) is 4.79 Å². The first-order valence-corrected chi connectivity index (χ1v) is 4.68. The smallest absolute Gasteiger partial charge is 0.223 e. The van der Waals surface area contributed by atoms with Gasteiger partial charge < -0.3 is 10.0 Å². The lowest BCUT2D eigenvalue weighted by Crippen LogP contribution is -2.33. The maximum absolute atomic E-state index is 11.1. The van der Waals surface area contributed by atoms with Crippen LogP contribution >= 0.6 is 15.9 Å². The molecule has 3 nitrogen and oxygen atoms in total. The Hall–Kier alpha value is -0.0900. The fourth-order valence-corrected chi connectivity index (χ4v) is 1.11. The third kappa shape index (κ3) is 5.21. The van der Waals surface area contributed by atoms with E-state index in [1.165, 1.54) is 4.90 Å². The van der Waals surface area contributed by atoms with Crippen molar-refractivity contribution in [3.05, 3.63) is 0 Å². The Balaban J connectivity index is 3.64. The van der Waals surface area contributed by atoms with Gasteiger partial charge in [0.2, 0.25) is 5.91 Å². The third-order valence-electron chi connectivity index (χ3n) is 1.27. The summed E-state index contributed by atoms with van der Waals surface area (Å²) >= 11 is 3.17. The molecule has 1 amide bonds. The summed E-state index contributed by atoms with van der Waals surface area (Å²) in [5.41, 5.74) is 0. The van der Waals surface area contributed by atoms with Crippen molar-refractivity contribution in [3.63, 3.8) is 0 Å². The van der Waals surface area contributed by atoms with Crippen LogP contribution in [0.1, 0.15) is 13.3 Å². The van der Waals surface area contributed by atoms with E-state index in [0.717, 1.165) is 0 Å². The molecule has 0 fully saturated rings. The zero-order valence-electron chi connectivity index (χ0n) is 6.88. The molecule has 0 saturated carbocycles. The van der Waals surface area contributed by atoms with Gasteiger partial charge in [-0.2, -0.15) is 0 Å². The van der Waals surface area contributed by atoms with Crippen LogP contribution in [0.3, 0.4) is 0 Å². The molecule has 0 bridgehead atoms. The molecule has 0 aromatic rings. The molecule has 66 valence electrons. The molecule has 0 aliphatic rings. The minimum absolute atomic E-state index is 0.0581. The second kappa shape index (κ2) is 5.55. The van der Waals surface area contributed by atoms with Crippen molar-refractivity contribution in [1.29, 1.82) is 0 Å². The van der Waals surface area contributed by atoms with Gasteiger partial charge in [0.05, 0.1) is 6.10 Å². The lowest BCUT2D eigenvalue weighted by Gasteiger charge is -2.17. The van der Waals surface area contributed by atoms with Crippen molar-refractivity contribution in [2.75, 3.05) is 18.9 Å². The molecule has 0 saturated heterocycles. The number of alkyl halides is 1. The van der Waals surface area contributed by atoms with Crippen LogP contribution in [0.25, 0.3) is 0 Å². The number of amides is 1. The Morgan fingerprint density at radius 2 is 2.27 bits per heavy atom. The van der Waals surface area contributed by atoms with Crippen molar-refractivity contribution in [2.45, 2.75) is 19.4 Å². The van der Waals surface area contributed by atoms with Crippen molar-refractivity contribution in [2.24, 2.45) is 0 Å². The van der Waals surface area contributed by atoms with Crippen LogP contribution in [-0.4, -0.2) is 40.9 Å². The topological polar surface area (TPSA) is 40.5 Å². The summed E-state index contributed by atoms with van der Waals surface area (Å²) in [7, 11) is 1.69. The number of aliphatic hydroxyl groups excluding tert-OH is 1. The Bertz CT molecular complexity index is 128. The predicted octanol–water partition coefficient (Wildman–Crippen LogP) is 0.611. The normalized spacial score (nSPS) is 12.7. The monoisotopic (exact) mass is 223 g/mol. The molecule has 1 N–H and O–H groups in total. The van der Waals surface area contributed by atoms with Gasteiger partial charge in [-0.15, -0.1) is 0 Å². The van der Waals surface area contributed by atoms with Gasteiger partial charge in [0.25, 0.3) is 0 Å². The van der Waals surface area contributed by atoms with Gasteiger partial charge in [-0.05, 0) is 6.92 Å². The average Bonchev–Trinajstić information content (AvgIpc) is 1.86. The van der Waals surface area contributed by atoms with Crippen LogP contribution in [0.5, 0.6) is 0 Å². The molecule has 0 heterocycles. The van der Waals surface area contributed by atoms with E-state index in [2.05, 4.69) is 15.9 Å². The van der Waals surface area contributed by atoms with Crippen LogP contribution in [0.15, 0.2) is 0 Å². The van der Waals surface area contributed by atoms with Crippen molar-refractivity contribution >= 4 is 21.8 Å². The first-order valence-electron chi connectivity index (χ1n) is 3.56. The zero-order chi connectivity index (χ0) is 8.85. The largest absolute Gasteiger partial charge is 0.392 e. The van der Waals surface area contributed by atoms with Gasteiger partial charge in [-0.25, -0.2) is 0 Å². The third-order valence-corrected chi connectivity index (χ3v) is 1.67. The number of carbonyl (C=O) groups excluding carboxylic acids is 1. The number of rotatable bonds is 4. The van der Waals surface area contributed by atoms with Gasteiger partial charge in [-0.1, -0.05) is 15.9 Å². The number of nitrogens with zero attached hydrogens (tertiary/aromatic N) is 1. The summed E-state index contributed by atoms with van der Waals surface area (Å²) in [6, 6.07) is 0. The number of likely N-dealkylation sites (N-methyl/N-ethyl adjacent to an activating group) is 1. The van der Waals surface area contributed by atoms with E-state index >= 15 is 0 Å². The van der Waals surface area contributed by atoms with Crippen LogP contribution in [0.4, 0.5) is 0 Å². The van der Waals surface area contributed by atoms with Crippen molar-refractivity contribution in [3.8, 4) is 0 Å². The maximum Gasteiger partial charge on any atom is 0.223 e. The maximum atomic E-state index is 11.1. The lowest BCUT2D eigenvalue weighted by molar-refractivity contribution is -0.130. The highest BCUT2D eigenvalue weighted by atomic mass is 79.9. The van der Waals surface area contributed by atoms with E-state index in [0.29, 0.717) is 18.3 Å². The van der Waals surface area contributed by atoms with Crippen LogP contribution in [0, 0.1) is 0 Å². The van der Waals surface area contributed by atoms with Crippen molar-refractivity contribution in [1.82, 2.24) is 4.90 Å². The molecular formula is C7H14BrNO2. The average molecular weight is 224 g/mol. The van der Waals surface area contributed by atoms with Gasteiger partial charge in [-0.3, -0.25) is 4.79 Å². The van der Waals surface area contributed by atoms with Crippen LogP contribution in [0.2, 0.25) is 0 Å². The van der Waals surface area contributed by atoms with Crippen molar-refractivity contribution < 1.29 is 9.90 Å². The molecular weight excluding hydrogens is 210 g/mol. The number of aliphatic hydroxyl groups is 1. The standard InChI is InChI=1S/C7H14BrNO2/c1-6(10)5-9(2)7(11)3-4-8/h6,10H,3-5H2,1-2H3. The Labute approximate surface area is 75.5 Å². The summed E-state index contributed by atoms with van der Waals surface area (Å²) in [6.45, 7) is 2.07. The van der Waals surface area contributed by atoms with Gasteiger partial charge in [0.1, 0.15) is 0 Å². The molecule has 1 unspecified atom stereocenters. The molecule has 0 aliphatic heterocycles. The fraction of sp³-hybridized carbons (Fsp3) is 0.857. The van der Waals surface area contributed by atoms with E-state index in [1.807, 2.05) is 0 Å². The van der Waals surface area contributed by atoms with E-state index in [9.17, 15) is 4.79 Å². The van der Waals surface area contributed by atoms with E-state index in [1.54, 1.807) is 14.0 Å². The predicted molar refractivity (Wildman–Crippen MR) is 47.7 cm³/mol. The summed E-state index contributed by atoms with van der Waals surface area (Å²) in [6.07, 6.45) is 0.0442. The lowest BCUT2D eigenvalue weighted by atomic mass is 10.3. The Morgan fingerprint density at radius 3 is 2.64 bits per heavy atom. The highest BCUT2D eigenvalue weighted by Crippen LogP contribution is 1.95. The number of carbonyl (C=O) groups is 1. The molecule has 0 aromatic heterocycles. The van der Waals surface area contributed by atoms with E-state index in [-0.39, 0.29) is 5.91 Å². The molecule has 4 heteroatoms.